The van der Waals surface area contributed by atoms with Crippen molar-refractivity contribution in [1.82, 2.24) is 10.2 Å². The van der Waals surface area contributed by atoms with Crippen molar-refractivity contribution in [3.63, 3.8) is 0 Å². The Hall–Kier alpha value is -0.120. The van der Waals surface area contributed by atoms with Gasteiger partial charge in [-0.05, 0) is 65.2 Å². The van der Waals surface area contributed by atoms with Crippen molar-refractivity contribution in [2.45, 2.75) is 63.5 Å². The Labute approximate surface area is 119 Å². The summed E-state index contributed by atoms with van der Waals surface area (Å²) in [5.74, 6) is 0.812. The van der Waals surface area contributed by atoms with Gasteiger partial charge in [0.2, 0.25) is 0 Å². The zero-order chi connectivity index (χ0) is 13.7. The molecule has 19 heavy (non-hydrogen) atoms. The molecule has 2 unspecified atom stereocenters. The topological polar surface area (TPSA) is 24.5 Å². The largest absolute Gasteiger partial charge is 0.375 e. The van der Waals surface area contributed by atoms with Gasteiger partial charge in [-0.2, -0.15) is 0 Å². The molecule has 2 atom stereocenters. The lowest BCUT2D eigenvalue weighted by Gasteiger charge is -2.42. The van der Waals surface area contributed by atoms with E-state index in [4.69, 9.17) is 4.74 Å². The molecule has 3 heteroatoms. The van der Waals surface area contributed by atoms with Gasteiger partial charge in [-0.25, -0.2) is 0 Å². The molecule has 1 N–H and O–H groups in total. The van der Waals surface area contributed by atoms with Crippen molar-refractivity contribution in [3.05, 3.63) is 0 Å². The molecular weight excluding hydrogens is 236 g/mol. The summed E-state index contributed by atoms with van der Waals surface area (Å²) in [7, 11) is 4.34. The van der Waals surface area contributed by atoms with E-state index in [2.05, 4.69) is 31.2 Å². The minimum atomic E-state index is 0.259. The first kappa shape index (κ1) is 15.3. The highest BCUT2D eigenvalue weighted by atomic mass is 16.5. The molecule has 1 aliphatic carbocycles. The van der Waals surface area contributed by atoms with Crippen LogP contribution in [0.3, 0.4) is 0 Å². The van der Waals surface area contributed by atoms with Gasteiger partial charge < -0.3 is 15.0 Å². The predicted molar refractivity (Wildman–Crippen MR) is 80.5 cm³/mol. The summed E-state index contributed by atoms with van der Waals surface area (Å²) in [6.07, 6.45) is 9.14. The van der Waals surface area contributed by atoms with E-state index in [9.17, 15) is 0 Å². The van der Waals surface area contributed by atoms with Crippen LogP contribution in [0.1, 0.15) is 51.9 Å². The second kappa shape index (κ2) is 7.05. The molecule has 1 saturated heterocycles. The molecule has 2 rings (SSSR count). The first-order chi connectivity index (χ1) is 9.15. The van der Waals surface area contributed by atoms with E-state index < -0.39 is 0 Å². The van der Waals surface area contributed by atoms with E-state index >= 15 is 0 Å². The van der Waals surface area contributed by atoms with Crippen molar-refractivity contribution in [2.75, 3.05) is 33.8 Å². The Bertz CT molecular complexity index is 261. The van der Waals surface area contributed by atoms with Gasteiger partial charge in [-0.3, -0.25) is 0 Å². The second-order valence-corrected chi connectivity index (χ2v) is 6.75. The highest BCUT2D eigenvalue weighted by Gasteiger charge is 2.41. The molecule has 0 bridgehead atoms. The van der Waals surface area contributed by atoms with E-state index in [1.807, 2.05) is 0 Å². The Morgan fingerprint density at radius 2 is 2.05 bits per heavy atom. The molecule has 1 aliphatic heterocycles. The normalized spacial score (nSPS) is 28.1. The highest BCUT2D eigenvalue weighted by Crippen LogP contribution is 2.43. The summed E-state index contributed by atoms with van der Waals surface area (Å²) in [4.78, 5) is 2.30. The average Bonchev–Trinajstić information content (AvgIpc) is 2.82. The fourth-order valence-corrected chi connectivity index (χ4v) is 3.94. The first-order valence-electron chi connectivity index (χ1n) is 8.17. The van der Waals surface area contributed by atoms with Crippen LogP contribution in [0.4, 0.5) is 0 Å². The Morgan fingerprint density at radius 1 is 1.32 bits per heavy atom. The maximum Gasteiger partial charge on any atom is 0.0685 e. The fraction of sp³-hybridized carbons (Fsp3) is 1.00. The van der Waals surface area contributed by atoms with E-state index in [-0.39, 0.29) is 5.60 Å². The van der Waals surface area contributed by atoms with Crippen LogP contribution in [0.5, 0.6) is 0 Å². The lowest BCUT2D eigenvalue weighted by molar-refractivity contribution is -0.0983. The van der Waals surface area contributed by atoms with Gasteiger partial charge in [0.1, 0.15) is 0 Å². The van der Waals surface area contributed by atoms with Crippen LogP contribution in [0.2, 0.25) is 0 Å². The summed E-state index contributed by atoms with van der Waals surface area (Å²) >= 11 is 0. The maximum absolute atomic E-state index is 6.17. The molecule has 0 amide bonds. The number of ether oxygens (including phenoxy) is 1. The predicted octanol–water partition coefficient (Wildman–Crippen LogP) is 2.66. The standard InChI is InChI=1S/C16H32N2O/c1-4-17-15(7-11-18(2)3)14-8-12-19-16(13-14)9-5-6-10-16/h14-15,17H,4-13H2,1-3H3. The monoisotopic (exact) mass is 268 g/mol. The minimum Gasteiger partial charge on any atom is -0.375 e. The van der Waals surface area contributed by atoms with Crippen molar-refractivity contribution in [1.29, 1.82) is 0 Å². The molecule has 1 spiro atoms. The van der Waals surface area contributed by atoms with E-state index in [1.54, 1.807) is 0 Å². The molecular formula is C16H32N2O. The van der Waals surface area contributed by atoms with Crippen LogP contribution in [-0.4, -0.2) is 50.3 Å². The summed E-state index contributed by atoms with van der Waals surface area (Å²) in [5, 5.41) is 3.73. The fourth-order valence-electron chi connectivity index (χ4n) is 3.94. The van der Waals surface area contributed by atoms with Crippen LogP contribution < -0.4 is 5.32 Å². The number of nitrogens with zero attached hydrogens (tertiary/aromatic N) is 1. The molecule has 1 heterocycles. The zero-order valence-corrected chi connectivity index (χ0v) is 13.1. The van der Waals surface area contributed by atoms with Gasteiger partial charge in [0, 0.05) is 12.6 Å². The lowest BCUT2D eigenvalue weighted by Crippen LogP contribution is -2.46. The van der Waals surface area contributed by atoms with Crippen LogP contribution in [0, 0.1) is 5.92 Å². The Morgan fingerprint density at radius 3 is 2.68 bits per heavy atom. The molecule has 0 aromatic rings. The Balaban J connectivity index is 1.91. The van der Waals surface area contributed by atoms with Gasteiger partial charge in [-0.15, -0.1) is 0 Å². The third-order valence-electron chi connectivity index (χ3n) is 4.97. The molecule has 3 nitrogen and oxygen atoms in total. The summed E-state index contributed by atoms with van der Waals surface area (Å²) in [6, 6.07) is 0.675. The Kier molecular flexibility index (Phi) is 5.67. The third kappa shape index (κ3) is 4.17. The average molecular weight is 268 g/mol. The number of rotatable bonds is 6. The van der Waals surface area contributed by atoms with Crippen molar-refractivity contribution >= 4 is 0 Å². The van der Waals surface area contributed by atoms with Crippen LogP contribution >= 0.6 is 0 Å². The zero-order valence-electron chi connectivity index (χ0n) is 13.1. The van der Waals surface area contributed by atoms with Crippen LogP contribution in [-0.2, 0) is 4.74 Å². The van der Waals surface area contributed by atoms with Gasteiger partial charge in [0.15, 0.2) is 0 Å². The molecule has 1 saturated carbocycles. The van der Waals surface area contributed by atoms with Crippen LogP contribution in [0.15, 0.2) is 0 Å². The van der Waals surface area contributed by atoms with Crippen LogP contribution in [0.25, 0.3) is 0 Å². The molecule has 0 aromatic carbocycles. The molecule has 112 valence electrons. The molecule has 2 fully saturated rings. The van der Waals surface area contributed by atoms with Crippen molar-refractivity contribution < 1.29 is 4.74 Å². The van der Waals surface area contributed by atoms with Gasteiger partial charge >= 0.3 is 0 Å². The van der Waals surface area contributed by atoms with Crippen molar-refractivity contribution in [3.8, 4) is 0 Å². The summed E-state index contributed by atoms with van der Waals surface area (Å²) < 4.78 is 6.17. The van der Waals surface area contributed by atoms with Gasteiger partial charge in [-0.1, -0.05) is 19.8 Å². The minimum absolute atomic E-state index is 0.259. The maximum atomic E-state index is 6.17. The van der Waals surface area contributed by atoms with Gasteiger partial charge in [0.25, 0.3) is 0 Å². The third-order valence-corrected chi connectivity index (χ3v) is 4.97. The number of nitrogens with one attached hydrogen (secondary N) is 1. The lowest BCUT2D eigenvalue weighted by atomic mass is 9.79. The number of hydrogen-bond donors (Lipinski definition) is 1. The summed E-state index contributed by atoms with van der Waals surface area (Å²) in [5.41, 5.74) is 0.259. The highest BCUT2D eigenvalue weighted by molar-refractivity contribution is 4.94. The van der Waals surface area contributed by atoms with Gasteiger partial charge in [0.05, 0.1) is 5.60 Å². The second-order valence-electron chi connectivity index (χ2n) is 6.75. The first-order valence-corrected chi connectivity index (χ1v) is 8.17. The summed E-state index contributed by atoms with van der Waals surface area (Å²) in [6.45, 7) is 5.48. The quantitative estimate of drug-likeness (QED) is 0.801. The van der Waals surface area contributed by atoms with E-state index in [1.165, 1.54) is 51.5 Å². The molecule has 0 radical (unpaired) electrons. The molecule has 0 aromatic heterocycles. The van der Waals surface area contributed by atoms with Crippen molar-refractivity contribution in [2.24, 2.45) is 5.92 Å². The van der Waals surface area contributed by atoms with E-state index in [0.717, 1.165) is 19.1 Å². The molecule has 2 aliphatic rings. The van der Waals surface area contributed by atoms with E-state index in [0.29, 0.717) is 6.04 Å². The smallest absolute Gasteiger partial charge is 0.0685 e. The SMILES string of the molecule is CCNC(CCN(C)C)C1CCOC2(CCCC2)C1. The number of hydrogen-bond acceptors (Lipinski definition) is 3.